The molecule has 0 aliphatic rings. The van der Waals surface area contributed by atoms with Gasteiger partial charge in [-0.1, -0.05) is 13.8 Å². The zero-order chi connectivity index (χ0) is 7.98. The van der Waals surface area contributed by atoms with E-state index in [0.717, 1.165) is 19.5 Å². The van der Waals surface area contributed by atoms with E-state index in [1.807, 2.05) is 0 Å². The van der Waals surface area contributed by atoms with Crippen LogP contribution in [0, 0.1) is 0 Å². The van der Waals surface area contributed by atoms with Gasteiger partial charge >= 0.3 is 0 Å². The van der Waals surface area contributed by atoms with Crippen molar-refractivity contribution in [3.63, 3.8) is 0 Å². The third kappa shape index (κ3) is 3.18. The molecule has 0 heterocycles. The van der Waals surface area contributed by atoms with E-state index in [0.29, 0.717) is 6.04 Å². The largest absolute Gasteiger partial charge is 0.329 e. The Morgan fingerprint density at radius 1 is 1.40 bits per heavy atom. The number of nitrogens with two attached hydrogens (primary N) is 1. The minimum atomic E-state index is 0.583. The Bertz CT molecular complexity index is 69.7. The van der Waals surface area contributed by atoms with E-state index < -0.39 is 0 Å². The summed E-state index contributed by atoms with van der Waals surface area (Å²) in [5, 5.41) is 0. The first-order valence-corrected chi connectivity index (χ1v) is 4.16. The van der Waals surface area contributed by atoms with Crippen molar-refractivity contribution in [2.45, 2.75) is 32.7 Å². The Labute approximate surface area is 64.4 Å². The van der Waals surface area contributed by atoms with Gasteiger partial charge in [-0.05, 0) is 26.4 Å². The molecule has 2 nitrogen and oxygen atoms in total. The summed E-state index contributed by atoms with van der Waals surface area (Å²) < 4.78 is 0. The molecule has 0 saturated heterocycles. The van der Waals surface area contributed by atoms with Gasteiger partial charge in [-0.25, -0.2) is 0 Å². The van der Waals surface area contributed by atoms with Crippen molar-refractivity contribution in [2.75, 3.05) is 20.1 Å². The fourth-order valence-electron chi connectivity index (χ4n) is 1.19. The quantitative estimate of drug-likeness (QED) is 0.625. The van der Waals surface area contributed by atoms with Gasteiger partial charge in [0.1, 0.15) is 0 Å². The predicted octanol–water partition coefficient (Wildman–Crippen LogP) is 1.07. The fourth-order valence-corrected chi connectivity index (χ4v) is 1.19. The second-order valence-electron chi connectivity index (χ2n) is 2.78. The van der Waals surface area contributed by atoms with E-state index in [4.69, 9.17) is 5.73 Å². The Morgan fingerprint density at radius 3 is 2.30 bits per heavy atom. The first kappa shape index (κ1) is 9.92. The van der Waals surface area contributed by atoms with Crippen LogP contribution in [0.2, 0.25) is 0 Å². The molecule has 1 atom stereocenters. The summed E-state index contributed by atoms with van der Waals surface area (Å²) in [6, 6.07) is 0.583. The second kappa shape index (κ2) is 5.69. The normalized spacial score (nSPS) is 14.1. The van der Waals surface area contributed by atoms with Crippen molar-refractivity contribution in [3.8, 4) is 0 Å². The highest BCUT2D eigenvalue weighted by molar-refractivity contribution is 4.66. The van der Waals surface area contributed by atoms with Crippen LogP contribution < -0.4 is 5.73 Å². The Hall–Kier alpha value is -0.0800. The lowest BCUT2D eigenvalue weighted by atomic mass is 10.2. The molecule has 0 aromatic carbocycles. The van der Waals surface area contributed by atoms with E-state index in [9.17, 15) is 0 Å². The van der Waals surface area contributed by atoms with Gasteiger partial charge in [-0.2, -0.15) is 0 Å². The molecular formula is C8H20N2. The average Bonchev–Trinajstić information content (AvgIpc) is 1.91. The highest BCUT2D eigenvalue weighted by Gasteiger charge is 2.07. The summed E-state index contributed by atoms with van der Waals surface area (Å²) in [5.74, 6) is 0. The van der Waals surface area contributed by atoms with Gasteiger partial charge in [-0.3, -0.25) is 0 Å². The van der Waals surface area contributed by atoms with E-state index in [2.05, 4.69) is 25.8 Å². The number of nitrogens with zero attached hydrogens (tertiary/aromatic N) is 1. The number of hydrogen-bond acceptors (Lipinski definition) is 2. The standard InChI is InChI=1S/C8H20N2/c1-4-6-10(3)8(5-2)7-9/h8H,4-7,9H2,1-3H3. The fraction of sp³-hybridized carbons (Fsp3) is 1.00. The highest BCUT2D eigenvalue weighted by atomic mass is 15.1. The first-order valence-electron chi connectivity index (χ1n) is 4.16. The monoisotopic (exact) mass is 144 g/mol. The molecule has 1 unspecified atom stereocenters. The minimum absolute atomic E-state index is 0.583. The maximum absolute atomic E-state index is 5.57. The third-order valence-corrected chi connectivity index (χ3v) is 1.94. The van der Waals surface area contributed by atoms with Crippen LogP contribution in [0.5, 0.6) is 0 Å². The van der Waals surface area contributed by atoms with Crippen molar-refractivity contribution < 1.29 is 0 Å². The molecule has 0 fully saturated rings. The zero-order valence-corrected chi connectivity index (χ0v) is 7.43. The number of hydrogen-bond donors (Lipinski definition) is 1. The highest BCUT2D eigenvalue weighted by Crippen LogP contribution is 1.99. The molecule has 0 spiro atoms. The van der Waals surface area contributed by atoms with E-state index in [1.165, 1.54) is 6.42 Å². The first-order chi connectivity index (χ1) is 4.76. The van der Waals surface area contributed by atoms with Crippen LogP contribution in [0.1, 0.15) is 26.7 Å². The lowest BCUT2D eigenvalue weighted by Gasteiger charge is -2.24. The van der Waals surface area contributed by atoms with Crippen LogP contribution in [-0.2, 0) is 0 Å². The summed E-state index contributed by atoms with van der Waals surface area (Å²) in [5.41, 5.74) is 5.57. The van der Waals surface area contributed by atoms with Gasteiger partial charge in [0.15, 0.2) is 0 Å². The minimum Gasteiger partial charge on any atom is -0.329 e. The van der Waals surface area contributed by atoms with Crippen LogP contribution in [0.3, 0.4) is 0 Å². The van der Waals surface area contributed by atoms with E-state index in [1.54, 1.807) is 0 Å². The van der Waals surface area contributed by atoms with Gasteiger partial charge in [0.05, 0.1) is 0 Å². The Balaban J connectivity index is 3.53. The topological polar surface area (TPSA) is 29.3 Å². The smallest absolute Gasteiger partial charge is 0.0212 e. The molecule has 10 heavy (non-hydrogen) atoms. The molecule has 0 radical (unpaired) electrons. The average molecular weight is 144 g/mol. The molecule has 0 aliphatic carbocycles. The van der Waals surface area contributed by atoms with Crippen molar-refractivity contribution in [1.29, 1.82) is 0 Å². The summed E-state index contributed by atoms with van der Waals surface area (Å²) in [6.07, 6.45) is 2.38. The molecule has 0 saturated carbocycles. The molecule has 2 heteroatoms. The number of rotatable bonds is 5. The summed E-state index contributed by atoms with van der Waals surface area (Å²) in [4.78, 5) is 2.33. The maximum atomic E-state index is 5.57. The molecule has 2 N–H and O–H groups in total. The van der Waals surface area contributed by atoms with Crippen molar-refractivity contribution in [3.05, 3.63) is 0 Å². The van der Waals surface area contributed by atoms with Gasteiger partial charge in [0, 0.05) is 12.6 Å². The second-order valence-corrected chi connectivity index (χ2v) is 2.78. The summed E-state index contributed by atoms with van der Waals surface area (Å²) in [6.45, 7) is 6.33. The van der Waals surface area contributed by atoms with Crippen LogP contribution in [0.15, 0.2) is 0 Å². The van der Waals surface area contributed by atoms with Gasteiger partial charge < -0.3 is 10.6 Å². The van der Waals surface area contributed by atoms with E-state index in [-0.39, 0.29) is 0 Å². The lowest BCUT2D eigenvalue weighted by molar-refractivity contribution is 0.241. The number of likely N-dealkylation sites (N-methyl/N-ethyl adjacent to an activating group) is 1. The van der Waals surface area contributed by atoms with Crippen LogP contribution >= 0.6 is 0 Å². The van der Waals surface area contributed by atoms with Gasteiger partial charge in [-0.15, -0.1) is 0 Å². The summed E-state index contributed by atoms with van der Waals surface area (Å²) >= 11 is 0. The molecule has 62 valence electrons. The molecule has 0 rings (SSSR count). The maximum Gasteiger partial charge on any atom is 0.0212 e. The van der Waals surface area contributed by atoms with Gasteiger partial charge in [0.25, 0.3) is 0 Å². The van der Waals surface area contributed by atoms with E-state index >= 15 is 0 Å². The van der Waals surface area contributed by atoms with Crippen LogP contribution in [0.25, 0.3) is 0 Å². The molecule has 0 aromatic rings. The van der Waals surface area contributed by atoms with Crippen molar-refractivity contribution in [2.24, 2.45) is 5.73 Å². The van der Waals surface area contributed by atoms with Crippen LogP contribution in [-0.4, -0.2) is 31.1 Å². The molecular weight excluding hydrogens is 124 g/mol. The Morgan fingerprint density at radius 2 is 2.00 bits per heavy atom. The van der Waals surface area contributed by atoms with Crippen LogP contribution in [0.4, 0.5) is 0 Å². The van der Waals surface area contributed by atoms with Crippen molar-refractivity contribution >= 4 is 0 Å². The molecule has 0 bridgehead atoms. The summed E-state index contributed by atoms with van der Waals surface area (Å²) in [7, 11) is 2.14. The van der Waals surface area contributed by atoms with Crippen molar-refractivity contribution in [1.82, 2.24) is 4.90 Å². The molecule has 0 aliphatic heterocycles. The zero-order valence-electron chi connectivity index (χ0n) is 7.43. The Kier molecular flexibility index (Phi) is 5.64. The lowest BCUT2D eigenvalue weighted by Crippen LogP contribution is -2.37. The predicted molar refractivity (Wildman–Crippen MR) is 46.1 cm³/mol. The SMILES string of the molecule is CCCN(C)C(CC)CN. The molecule has 0 amide bonds. The third-order valence-electron chi connectivity index (χ3n) is 1.94. The molecule has 0 aromatic heterocycles. The van der Waals surface area contributed by atoms with Gasteiger partial charge in [0.2, 0.25) is 0 Å².